The minimum Gasteiger partial charge on any atom is -0.491 e. The number of hydrogen-bond donors (Lipinski definition) is 2. The van der Waals surface area contributed by atoms with E-state index in [0.717, 1.165) is 0 Å². The molecular weight excluding hydrogens is 298 g/mol. The van der Waals surface area contributed by atoms with E-state index in [0.29, 0.717) is 10.8 Å². The summed E-state index contributed by atoms with van der Waals surface area (Å²) < 4.78 is 5.40. The van der Waals surface area contributed by atoms with E-state index in [4.69, 9.17) is 21.4 Å². The molecule has 1 saturated heterocycles. The molecule has 114 valence electrons. The van der Waals surface area contributed by atoms with Crippen LogP contribution in [0.25, 0.3) is 0 Å². The average molecular weight is 314 g/mol. The Balaban J connectivity index is 1.87. The van der Waals surface area contributed by atoms with Crippen molar-refractivity contribution in [2.75, 3.05) is 13.2 Å². The zero-order valence-corrected chi connectivity index (χ0v) is 12.0. The van der Waals surface area contributed by atoms with Gasteiger partial charge in [0.15, 0.2) is 0 Å². The van der Waals surface area contributed by atoms with Crippen molar-refractivity contribution in [3.63, 3.8) is 0 Å². The lowest BCUT2D eigenvalue weighted by molar-refractivity contribution is -0.148. The number of carboxylic acids is 1. The molecule has 2 atom stereocenters. The second-order valence-corrected chi connectivity index (χ2v) is 5.23. The number of carbonyl (C=O) groups excluding carboxylic acids is 1. The van der Waals surface area contributed by atoms with Gasteiger partial charge in [0.2, 0.25) is 5.91 Å². The number of carboxylic acid groups (broad SMARTS) is 1. The minimum absolute atomic E-state index is 0.0295. The molecule has 0 bridgehead atoms. The van der Waals surface area contributed by atoms with Crippen LogP contribution in [-0.4, -0.2) is 52.3 Å². The molecule has 0 aromatic heterocycles. The highest BCUT2D eigenvalue weighted by Crippen LogP contribution is 2.23. The third-order valence-corrected chi connectivity index (χ3v) is 3.61. The number of carbonyl (C=O) groups is 2. The van der Waals surface area contributed by atoms with Gasteiger partial charge in [-0.05, 0) is 12.1 Å². The van der Waals surface area contributed by atoms with Gasteiger partial charge in [-0.2, -0.15) is 0 Å². The van der Waals surface area contributed by atoms with E-state index in [1.54, 1.807) is 24.3 Å². The summed E-state index contributed by atoms with van der Waals surface area (Å²) in [4.78, 5) is 24.3. The Kier molecular flexibility index (Phi) is 5.03. The number of β-amino-alcohol motifs (C(OH)–C–C–N with tert-alkyl or cyclic N) is 1. The van der Waals surface area contributed by atoms with Gasteiger partial charge in [-0.1, -0.05) is 23.7 Å². The number of ether oxygens (including phenoxy) is 1. The number of halogens is 1. The predicted octanol–water partition coefficient (Wildman–Crippen LogP) is 1.16. The van der Waals surface area contributed by atoms with Crippen LogP contribution >= 0.6 is 11.6 Å². The summed E-state index contributed by atoms with van der Waals surface area (Å²) in [7, 11) is 0. The number of nitrogens with zero attached hydrogens (tertiary/aromatic N) is 1. The van der Waals surface area contributed by atoms with Gasteiger partial charge in [0.05, 0.1) is 24.2 Å². The quantitative estimate of drug-likeness (QED) is 0.851. The molecule has 1 aromatic carbocycles. The highest BCUT2D eigenvalue weighted by molar-refractivity contribution is 6.32. The minimum atomic E-state index is -1.10. The highest BCUT2D eigenvalue weighted by Gasteiger charge is 2.38. The molecule has 0 radical (unpaired) electrons. The molecule has 1 fully saturated rings. The number of aliphatic hydroxyl groups is 1. The Hall–Kier alpha value is -1.79. The summed E-state index contributed by atoms with van der Waals surface area (Å²) in [5, 5.41) is 19.0. The van der Waals surface area contributed by atoms with Crippen molar-refractivity contribution in [1.29, 1.82) is 0 Å². The molecule has 0 aliphatic carbocycles. The maximum absolute atomic E-state index is 12.0. The standard InChI is InChI=1S/C14H16ClNO5/c15-10-3-1-2-4-12(10)21-6-5-13(18)16-8-9(17)7-11(16)14(19)20/h1-4,9,11,17H,5-8H2,(H,19,20)/t9-,11+/m1/s1. The average Bonchev–Trinajstić information content (AvgIpc) is 2.83. The number of aliphatic carboxylic acids is 1. The van der Waals surface area contributed by atoms with Crippen molar-refractivity contribution in [1.82, 2.24) is 4.90 Å². The second-order valence-electron chi connectivity index (χ2n) is 4.82. The maximum atomic E-state index is 12.0. The number of hydrogen-bond acceptors (Lipinski definition) is 4. The number of amides is 1. The van der Waals surface area contributed by atoms with Crippen molar-refractivity contribution in [2.45, 2.75) is 25.0 Å². The first-order valence-electron chi connectivity index (χ1n) is 6.56. The lowest BCUT2D eigenvalue weighted by Crippen LogP contribution is -2.41. The van der Waals surface area contributed by atoms with Gasteiger partial charge in [0, 0.05) is 13.0 Å². The molecule has 1 amide bonds. The first kappa shape index (κ1) is 15.6. The third-order valence-electron chi connectivity index (χ3n) is 3.29. The van der Waals surface area contributed by atoms with Crippen LogP contribution in [0.1, 0.15) is 12.8 Å². The van der Waals surface area contributed by atoms with Crippen molar-refractivity contribution >= 4 is 23.5 Å². The van der Waals surface area contributed by atoms with E-state index >= 15 is 0 Å². The molecule has 6 nitrogen and oxygen atoms in total. The Morgan fingerprint density at radius 2 is 2.10 bits per heavy atom. The van der Waals surface area contributed by atoms with Crippen LogP contribution in [0.5, 0.6) is 5.75 Å². The fourth-order valence-corrected chi connectivity index (χ4v) is 2.47. The fraction of sp³-hybridized carbons (Fsp3) is 0.429. The molecule has 21 heavy (non-hydrogen) atoms. The molecule has 1 aliphatic heterocycles. The van der Waals surface area contributed by atoms with Crippen molar-refractivity contribution < 1.29 is 24.5 Å². The van der Waals surface area contributed by atoms with Crippen LogP contribution < -0.4 is 4.74 Å². The third kappa shape index (κ3) is 3.86. The van der Waals surface area contributed by atoms with Crippen LogP contribution in [0.15, 0.2) is 24.3 Å². The molecule has 0 unspecified atom stereocenters. The van der Waals surface area contributed by atoms with Crippen molar-refractivity contribution in [3.8, 4) is 5.75 Å². The van der Waals surface area contributed by atoms with Gasteiger partial charge in [-0.25, -0.2) is 4.79 Å². The summed E-state index contributed by atoms with van der Waals surface area (Å²) in [6.45, 7) is 0.142. The maximum Gasteiger partial charge on any atom is 0.326 e. The Morgan fingerprint density at radius 3 is 2.76 bits per heavy atom. The van der Waals surface area contributed by atoms with Crippen LogP contribution in [-0.2, 0) is 9.59 Å². The summed E-state index contributed by atoms with van der Waals surface area (Å²) in [5.74, 6) is -0.985. The Labute approximate surface area is 126 Å². The molecule has 7 heteroatoms. The molecule has 1 aliphatic rings. The number of benzene rings is 1. The van der Waals surface area contributed by atoms with Gasteiger partial charge in [0.25, 0.3) is 0 Å². The molecule has 2 N–H and O–H groups in total. The number of likely N-dealkylation sites (tertiary alicyclic amines) is 1. The zero-order chi connectivity index (χ0) is 15.4. The summed E-state index contributed by atoms with van der Waals surface area (Å²) >= 11 is 5.92. The summed E-state index contributed by atoms with van der Waals surface area (Å²) in [6, 6.07) is 5.93. The van der Waals surface area contributed by atoms with E-state index in [1.165, 1.54) is 4.90 Å². The highest BCUT2D eigenvalue weighted by atomic mass is 35.5. The van der Waals surface area contributed by atoms with Crippen LogP contribution in [0.2, 0.25) is 5.02 Å². The van der Waals surface area contributed by atoms with E-state index in [2.05, 4.69) is 0 Å². The molecule has 2 rings (SSSR count). The number of aliphatic hydroxyl groups excluding tert-OH is 1. The van der Waals surface area contributed by atoms with Gasteiger partial charge < -0.3 is 19.8 Å². The molecule has 1 heterocycles. The normalized spacial score (nSPS) is 21.3. The lowest BCUT2D eigenvalue weighted by atomic mass is 10.2. The molecule has 1 aromatic rings. The predicted molar refractivity (Wildman–Crippen MR) is 75.3 cm³/mol. The van der Waals surface area contributed by atoms with Gasteiger partial charge in [0.1, 0.15) is 11.8 Å². The monoisotopic (exact) mass is 313 g/mol. The van der Waals surface area contributed by atoms with E-state index in [-0.39, 0.29) is 31.9 Å². The topological polar surface area (TPSA) is 87.1 Å². The summed E-state index contributed by atoms with van der Waals surface area (Å²) in [5.41, 5.74) is 0. The van der Waals surface area contributed by atoms with Crippen LogP contribution in [0.3, 0.4) is 0 Å². The number of rotatable bonds is 5. The lowest BCUT2D eigenvalue weighted by Gasteiger charge is -2.21. The van der Waals surface area contributed by atoms with Gasteiger partial charge in [-0.15, -0.1) is 0 Å². The van der Waals surface area contributed by atoms with Gasteiger partial charge in [-0.3, -0.25) is 4.79 Å². The van der Waals surface area contributed by atoms with Crippen LogP contribution in [0.4, 0.5) is 0 Å². The molecule has 0 spiro atoms. The first-order chi connectivity index (χ1) is 9.99. The Morgan fingerprint density at radius 1 is 1.38 bits per heavy atom. The van der Waals surface area contributed by atoms with Crippen molar-refractivity contribution in [3.05, 3.63) is 29.3 Å². The zero-order valence-electron chi connectivity index (χ0n) is 11.2. The second kappa shape index (κ2) is 6.78. The fourth-order valence-electron chi connectivity index (χ4n) is 2.28. The molecular formula is C14H16ClNO5. The Bertz CT molecular complexity index is 536. The summed E-state index contributed by atoms with van der Waals surface area (Å²) in [6.07, 6.45) is -0.701. The largest absolute Gasteiger partial charge is 0.491 e. The van der Waals surface area contributed by atoms with E-state index in [1.807, 2.05) is 0 Å². The van der Waals surface area contributed by atoms with Crippen LogP contribution in [0, 0.1) is 0 Å². The SMILES string of the molecule is O=C(O)[C@@H]1C[C@@H](O)CN1C(=O)CCOc1ccccc1Cl. The van der Waals surface area contributed by atoms with E-state index in [9.17, 15) is 14.7 Å². The van der Waals surface area contributed by atoms with Gasteiger partial charge >= 0.3 is 5.97 Å². The molecule has 0 saturated carbocycles. The number of para-hydroxylation sites is 1. The first-order valence-corrected chi connectivity index (χ1v) is 6.94. The smallest absolute Gasteiger partial charge is 0.326 e. The van der Waals surface area contributed by atoms with Crippen molar-refractivity contribution in [2.24, 2.45) is 0 Å². The van der Waals surface area contributed by atoms with E-state index < -0.39 is 18.1 Å².